The smallest absolute Gasteiger partial charge is 0.124 e. The normalized spacial score (nSPS) is 23.5. The summed E-state index contributed by atoms with van der Waals surface area (Å²) in [5.41, 5.74) is 8.50. The fourth-order valence-corrected chi connectivity index (χ4v) is 4.19. The predicted molar refractivity (Wildman–Crippen MR) is 87.5 cm³/mol. The van der Waals surface area contributed by atoms with Gasteiger partial charge < -0.3 is 15.2 Å². The van der Waals surface area contributed by atoms with E-state index in [2.05, 4.69) is 24.0 Å². The van der Waals surface area contributed by atoms with Crippen LogP contribution in [0.25, 0.3) is 0 Å². The minimum absolute atomic E-state index is 0.214. The van der Waals surface area contributed by atoms with Gasteiger partial charge in [0.05, 0.1) is 13.2 Å². The van der Waals surface area contributed by atoms with E-state index in [9.17, 15) is 0 Å². The van der Waals surface area contributed by atoms with Gasteiger partial charge in [0.25, 0.3) is 0 Å². The van der Waals surface area contributed by atoms with Crippen LogP contribution in [0, 0.1) is 0 Å². The van der Waals surface area contributed by atoms with E-state index in [4.69, 9.17) is 15.2 Å². The summed E-state index contributed by atoms with van der Waals surface area (Å²) in [6.45, 7) is 4.89. The molecule has 1 saturated heterocycles. The zero-order chi connectivity index (χ0) is 14.8. The zero-order valence-corrected chi connectivity index (χ0v) is 13.6. The Morgan fingerprint density at radius 1 is 1.43 bits per heavy atom. The number of benzene rings is 1. The third-order valence-electron chi connectivity index (χ3n) is 4.32. The molecule has 2 heterocycles. The first-order chi connectivity index (χ1) is 10.2. The fourth-order valence-electron chi connectivity index (χ4n) is 3.25. The van der Waals surface area contributed by atoms with Gasteiger partial charge >= 0.3 is 0 Å². The third-order valence-corrected chi connectivity index (χ3v) is 5.26. The lowest BCUT2D eigenvalue weighted by molar-refractivity contribution is 0.217. The molecular weight excluding hydrogens is 284 g/mol. The SMILES string of the molecule is COc1cc2c(cc1C(CN)N1CCSCC1)OC(C)C2. The second-order valence-electron chi connectivity index (χ2n) is 5.73. The molecule has 0 aliphatic carbocycles. The van der Waals surface area contributed by atoms with Crippen molar-refractivity contribution in [1.29, 1.82) is 0 Å². The maximum atomic E-state index is 6.09. The van der Waals surface area contributed by atoms with Gasteiger partial charge in [-0.2, -0.15) is 11.8 Å². The van der Waals surface area contributed by atoms with Crippen molar-refractivity contribution in [2.45, 2.75) is 25.5 Å². The van der Waals surface area contributed by atoms with Crippen LogP contribution < -0.4 is 15.2 Å². The van der Waals surface area contributed by atoms with Crippen LogP contribution in [0.1, 0.15) is 24.1 Å². The van der Waals surface area contributed by atoms with Crippen molar-refractivity contribution in [1.82, 2.24) is 4.90 Å². The standard InChI is InChI=1S/C16H24N2O2S/c1-11-7-12-8-16(19-2)13(9-15(12)20-11)14(10-17)18-3-5-21-6-4-18/h8-9,11,14H,3-7,10,17H2,1-2H3. The van der Waals surface area contributed by atoms with Gasteiger partial charge in [-0.3, -0.25) is 4.90 Å². The Balaban J connectivity index is 1.93. The molecule has 2 unspecified atom stereocenters. The number of nitrogens with zero attached hydrogens (tertiary/aromatic N) is 1. The molecule has 0 aromatic heterocycles. The zero-order valence-electron chi connectivity index (χ0n) is 12.8. The molecule has 2 aliphatic rings. The van der Waals surface area contributed by atoms with Crippen molar-refractivity contribution < 1.29 is 9.47 Å². The number of hydrogen-bond donors (Lipinski definition) is 1. The molecule has 2 aliphatic heterocycles. The summed E-state index contributed by atoms with van der Waals surface area (Å²) in [5, 5.41) is 0. The number of rotatable bonds is 4. The molecule has 3 rings (SSSR count). The lowest BCUT2D eigenvalue weighted by Gasteiger charge is -2.34. The predicted octanol–water partition coefficient (Wildman–Crippen LogP) is 2.07. The quantitative estimate of drug-likeness (QED) is 0.923. The Morgan fingerprint density at radius 3 is 2.86 bits per heavy atom. The summed E-state index contributed by atoms with van der Waals surface area (Å²) < 4.78 is 11.5. The molecule has 2 atom stereocenters. The van der Waals surface area contributed by atoms with Gasteiger partial charge in [0, 0.05) is 48.7 Å². The van der Waals surface area contributed by atoms with Crippen molar-refractivity contribution in [3.05, 3.63) is 23.3 Å². The Hall–Kier alpha value is -0.910. The number of hydrogen-bond acceptors (Lipinski definition) is 5. The molecule has 0 spiro atoms. The van der Waals surface area contributed by atoms with E-state index >= 15 is 0 Å². The van der Waals surface area contributed by atoms with E-state index < -0.39 is 0 Å². The van der Waals surface area contributed by atoms with Gasteiger partial charge in [-0.1, -0.05) is 0 Å². The second-order valence-corrected chi connectivity index (χ2v) is 6.96. The molecule has 5 heteroatoms. The number of fused-ring (bicyclic) bond motifs is 1. The summed E-state index contributed by atoms with van der Waals surface area (Å²) in [6.07, 6.45) is 1.21. The summed E-state index contributed by atoms with van der Waals surface area (Å²) in [6, 6.07) is 4.50. The van der Waals surface area contributed by atoms with Crippen molar-refractivity contribution in [2.24, 2.45) is 5.73 Å². The van der Waals surface area contributed by atoms with E-state index in [-0.39, 0.29) is 12.1 Å². The fraction of sp³-hybridized carbons (Fsp3) is 0.625. The Labute approximate surface area is 131 Å². The van der Waals surface area contributed by atoms with Crippen LogP contribution in [0.5, 0.6) is 11.5 Å². The summed E-state index contributed by atoms with van der Waals surface area (Å²) in [5.74, 6) is 4.30. The molecule has 0 radical (unpaired) electrons. The van der Waals surface area contributed by atoms with Crippen molar-refractivity contribution >= 4 is 11.8 Å². The average Bonchev–Trinajstić information content (AvgIpc) is 2.87. The van der Waals surface area contributed by atoms with Crippen LogP contribution in [0.4, 0.5) is 0 Å². The molecule has 1 aromatic rings. The first-order valence-electron chi connectivity index (χ1n) is 7.62. The third kappa shape index (κ3) is 3.00. The van der Waals surface area contributed by atoms with Crippen LogP contribution in [0.3, 0.4) is 0 Å². The van der Waals surface area contributed by atoms with E-state index in [1.54, 1.807) is 7.11 Å². The molecule has 0 amide bonds. The van der Waals surface area contributed by atoms with Crippen molar-refractivity contribution in [3.8, 4) is 11.5 Å². The minimum Gasteiger partial charge on any atom is -0.496 e. The molecule has 116 valence electrons. The summed E-state index contributed by atoms with van der Waals surface area (Å²) in [4.78, 5) is 2.47. The average molecular weight is 308 g/mol. The highest BCUT2D eigenvalue weighted by atomic mass is 32.2. The van der Waals surface area contributed by atoms with Crippen molar-refractivity contribution in [2.75, 3.05) is 38.2 Å². The van der Waals surface area contributed by atoms with Gasteiger partial charge in [-0.15, -0.1) is 0 Å². The molecule has 1 aromatic carbocycles. The van der Waals surface area contributed by atoms with Crippen LogP contribution in [-0.2, 0) is 6.42 Å². The van der Waals surface area contributed by atoms with E-state index in [0.29, 0.717) is 6.54 Å². The number of nitrogens with two attached hydrogens (primary N) is 1. The molecule has 2 N–H and O–H groups in total. The Kier molecular flexibility index (Phi) is 4.62. The first-order valence-corrected chi connectivity index (χ1v) is 8.77. The Bertz CT molecular complexity index is 503. The van der Waals surface area contributed by atoms with Gasteiger partial charge in [0.2, 0.25) is 0 Å². The highest BCUT2D eigenvalue weighted by molar-refractivity contribution is 7.99. The van der Waals surface area contributed by atoms with Crippen LogP contribution in [0.15, 0.2) is 12.1 Å². The first kappa shape index (κ1) is 15.0. The summed E-state index contributed by atoms with van der Waals surface area (Å²) >= 11 is 2.01. The molecule has 0 saturated carbocycles. The highest BCUT2D eigenvalue weighted by Gasteiger charge is 2.28. The largest absolute Gasteiger partial charge is 0.496 e. The second kappa shape index (κ2) is 6.46. The van der Waals surface area contributed by atoms with E-state index in [1.165, 1.54) is 22.6 Å². The number of ether oxygens (including phenoxy) is 2. The molecule has 21 heavy (non-hydrogen) atoms. The van der Waals surface area contributed by atoms with Crippen LogP contribution in [-0.4, -0.2) is 49.3 Å². The molecule has 1 fully saturated rings. The monoisotopic (exact) mass is 308 g/mol. The van der Waals surface area contributed by atoms with Crippen LogP contribution in [0.2, 0.25) is 0 Å². The van der Waals surface area contributed by atoms with Gasteiger partial charge in [0.1, 0.15) is 17.6 Å². The van der Waals surface area contributed by atoms with Gasteiger partial charge in [0.15, 0.2) is 0 Å². The van der Waals surface area contributed by atoms with E-state index in [0.717, 1.165) is 31.0 Å². The van der Waals surface area contributed by atoms with Gasteiger partial charge in [-0.05, 0) is 19.1 Å². The molecule has 4 nitrogen and oxygen atoms in total. The number of methoxy groups -OCH3 is 1. The summed E-state index contributed by atoms with van der Waals surface area (Å²) in [7, 11) is 1.74. The minimum atomic E-state index is 0.214. The molecule has 0 bridgehead atoms. The maximum Gasteiger partial charge on any atom is 0.124 e. The van der Waals surface area contributed by atoms with Gasteiger partial charge in [-0.25, -0.2) is 0 Å². The Morgan fingerprint density at radius 2 is 2.19 bits per heavy atom. The topological polar surface area (TPSA) is 47.7 Å². The number of thioether (sulfide) groups is 1. The maximum absolute atomic E-state index is 6.09. The lowest BCUT2D eigenvalue weighted by Crippen LogP contribution is -2.39. The highest BCUT2D eigenvalue weighted by Crippen LogP contribution is 2.39. The molecular formula is C16H24N2O2S. The van der Waals surface area contributed by atoms with Crippen molar-refractivity contribution in [3.63, 3.8) is 0 Å². The van der Waals surface area contributed by atoms with E-state index in [1.807, 2.05) is 11.8 Å². The lowest BCUT2D eigenvalue weighted by atomic mass is 10.00. The van der Waals surface area contributed by atoms with Crippen LogP contribution >= 0.6 is 11.8 Å².